The molecule has 1 aromatic rings. The van der Waals surface area contributed by atoms with E-state index in [0.717, 1.165) is 14.5 Å². The van der Waals surface area contributed by atoms with Crippen LogP contribution < -0.4 is 0 Å². The molecule has 4 heteroatoms. The second kappa shape index (κ2) is 5.66. The number of carbonyl (C=O) groups is 1. The average Bonchev–Trinajstić information content (AvgIpc) is 2.12. The van der Waals surface area contributed by atoms with E-state index >= 15 is 0 Å². The summed E-state index contributed by atoms with van der Waals surface area (Å²) in [6.45, 7) is 3.95. The van der Waals surface area contributed by atoms with E-state index in [1.54, 1.807) is 0 Å². The maximum absolute atomic E-state index is 11.2. The number of carbonyl (C=O) groups excluding carboxylic acids is 1. The summed E-state index contributed by atoms with van der Waals surface area (Å²) < 4.78 is 7.05. The maximum Gasteiger partial charge on any atom is 0.308 e. The fourth-order valence-corrected chi connectivity index (χ4v) is 2.40. The van der Waals surface area contributed by atoms with Crippen LogP contribution in [0.25, 0.3) is 0 Å². The fraction of sp³-hybridized carbons (Fsp3) is 0.364. The van der Waals surface area contributed by atoms with Gasteiger partial charge in [0.25, 0.3) is 0 Å². The summed E-state index contributed by atoms with van der Waals surface area (Å²) in [6.07, 6.45) is 0. The molecule has 0 saturated carbocycles. The third-order valence-corrected chi connectivity index (χ3v) is 2.69. The zero-order valence-electron chi connectivity index (χ0n) is 8.59. The standard InChI is InChI=1S/C11H12Br2O2/c1-7(2)11(14)15-6-8-3-9(12)5-10(13)4-8/h3-5,7H,6H2,1-2H3. The van der Waals surface area contributed by atoms with Crippen LogP contribution in [0.15, 0.2) is 27.1 Å². The Morgan fingerprint density at radius 2 is 1.80 bits per heavy atom. The van der Waals surface area contributed by atoms with Gasteiger partial charge >= 0.3 is 5.97 Å². The van der Waals surface area contributed by atoms with Crippen LogP contribution >= 0.6 is 31.9 Å². The molecule has 0 aliphatic heterocycles. The highest BCUT2D eigenvalue weighted by Gasteiger charge is 2.08. The smallest absolute Gasteiger partial charge is 0.308 e. The average molecular weight is 336 g/mol. The highest BCUT2D eigenvalue weighted by molar-refractivity contribution is 9.11. The van der Waals surface area contributed by atoms with Gasteiger partial charge in [0.05, 0.1) is 5.92 Å². The first-order chi connectivity index (χ1) is 6.99. The van der Waals surface area contributed by atoms with Crippen molar-refractivity contribution in [2.75, 3.05) is 0 Å². The summed E-state index contributed by atoms with van der Waals surface area (Å²) in [7, 11) is 0. The highest BCUT2D eigenvalue weighted by atomic mass is 79.9. The Morgan fingerprint density at radius 1 is 1.27 bits per heavy atom. The molecule has 0 saturated heterocycles. The predicted octanol–water partition coefficient (Wildman–Crippen LogP) is 3.91. The third-order valence-electron chi connectivity index (χ3n) is 1.77. The molecule has 82 valence electrons. The Labute approximate surface area is 106 Å². The minimum Gasteiger partial charge on any atom is -0.461 e. The molecule has 0 aliphatic carbocycles. The van der Waals surface area contributed by atoms with Crippen LogP contribution in [0.4, 0.5) is 0 Å². The van der Waals surface area contributed by atoms with Crippen LogP contribution in [0.2, 0.25) is 0 Å². The molecule has 0 aromatic heterocycles. The van der Waals surface area contributed by atoms with Crippen molar-refractivity contribution in [1.29, 1.82) is 0 Å². The van der Waals surface area contributed by atoms with Gasteiger partial charge in [-0.2, -0.15) is 0 Å². The lowest BCUT2D eigenvalue weighted by Crippen LogP contribution is -2.11. The van der Waals surface area contributed by atoms with Gasteiger partial charge in [-0.1, -0.05) is 45.7 Å². The van der Waals surface area contributed by atoms with Gasteiger partial charge in [-0.25, -0.2) is 0 Å². The molecule has 0 aliphatic rings. The number of rotatable bonds is 3. The Kier molecular flexibility index (Phi) is 4.80. The third kappa shape index (κ3) is 4.34. The number of esters is 1. The van der Waals surface area contributed by atoms with E-state index in [1.165, 1.54) is 0 Å². The minimum atomic E-state index is -0.175. The number of hydrogen-bond acceptors (Lipinski definition) is 2. The minimum absolute atomic E-state index is 0.0828. The van der Waals surface area contributed by atoms with E-state index in [4.69, 9.17) is 4.74 Å². The topological polar surface area (TPSA) is 26.3 Å². The highest BCUT2D eigenvalue weighted by Crippen LogP contribution is 2.20. The lowest BCUT2D eigenvalue weighted by Gasteiger charge is -2.07. The van der Waals surface area contributed by atoms with Crippen LogP contribution in [-0.2, 0) is 16.1 Å². The van der Waals surface area contributed by atoms with Crippen LogP contribution in [-0.4, -0.2) is 5.97 Å². The van der Waals surface area contributed by atoms with Gasteiger partial charge in [0.15, 0.2) is 0 Å². The molecule has 0 radical (unpaired) electrons. The summed E-state index contributed by atoms with van der Waals surface area (Å²) in [5.41, 5.74) is 0.963. The number of hydrogen-bond donors (Lipinski definition) is 0. The molecule has 2 nitrogen and oxygen atoms in total. The number of halogens is 2. The molecular weight excluding hydrogens is 324 g/mol. The molecule has 0 amide bonds. The summed E-state index contributed by atoms with van der Waals surface area (Å²) in [4.78, 5) is 11.2. The normalized spacial score (nSPS) is 10.5. The Bertz CT molecular complexity index is 341. The summed E-state index contributed by atoms with van der Waals surface area (Å²) in [6, 6.07) is 5.80. The van der Waals surface area contributed by atoms with Gasteiger partial charge < -0.3 is 4.74 Å². The Morgan fingerprint density at radius 3 is 2.27 bits per heavy atom. The van der Waals surface area contributed by atoms with Gasteiger partial charge in [-0.3, -0.25) is 4.79 Å². The van der Waals surface area contributed by atoms with E-state index in [-0.39, 0.29) is 11.9 Å². The summed E-state index contributed by atoms with van der Waals surface area (Å²) in [5.74, 6) is -0.258. The summed E-state index contributed by atoms with van der Waals surface area (Å²) >= 11 is 6.76. The molecule has 0 fully saturated rings. The van der Waals surface area contributed by atoms with Crippen molar-refractivity contribution >= 4 is 37.8 Å². The lowest BCUT2D eigenvalue weighted by molar-refractivity contribution is -0.148. The largest absolute Gasteiger partial charge is 0.461 e. The van der Waals surface area contributed by atoms with E-state index < -0.39 is 0 Å². The van der Waals surface area contributed by atoms with Gasteiger partial charge in [0.2, 0.25) is 0 Å². The quantitative estimate of drug-likeness (QED) is 0.783. The molecule has 0 N–H and O–H groups in total. The van der Waals surface area contributed by atoms with Gasteiger partial charge in [-0.05, 0) is 23.8 Å². The monoisotopic (exact) mass is 334 g/mol. The van der Waals surface area contributed by atoms with E-state index in [0.29, 0.717) is 6.61 Å². The SMILES string of the molecule is CC(C)C(=O)OCc1cc(Br)cc(Br)c1. The maximum atomic E-state index is 11.2. The molecule has 1 aromatic carbocycles. The van der Waals surface area contributed by atoms with E-state index in [9.17, 15) is 4.79 Å². The summed E-state index contributed by atoms with van der Waals surface area (Å²) in [5, 5.41) is 0. The first kappa shape index (κ1) is 12.7. The van der Waals surface area contributed by atoms with Gasteiger partial charge in [0.1, 0.15) is 6.61 Å². The van der Waals surface area contributed by atoms with Crippen molar-refractivity contribution in [3.05, 3.63) is 32.7 Å². The van der Waals surface area contributed by atoms with Crippen LogP contribution in [0.3, 0.4) is 0 Å². The second-order valence-corrected chi connectivity index (χ2v) is 5.37. The van der Waals surface area contributed by atoms with Crippen molar-refractivity contribution in [3.63, 3.8) is 0 Å². The molecule has 0 atom stereocenters. The lowest BCUT2D eigenvalue weighted by atomic mass is 10.2. The fourth-order valence-electron chi connectivity index (χ4n) is 1.02. The van der Waals surface area contributed by atoms with Crippen molar-refractivity contribution < 1.29 is 9.53 Å². The first-order valence-electron chi connectivity index (χ1n) is 4.60. The van der Waals surface area contributed by atoms with Crippen molar-refractivity contribution in [1.82, 2.24) is 0 Å². The molecular formula is C11H12Br2O2. The van der Waals surface area contributed by atoms with Gasteiger partial charge in [-0.15, -0.1) is 0 Å². The first-order valence-corrected chi connectivity index (χ1v) is 6.19. The van der Waals surface area contributed by atoms with Crippen molar-refractivity contribution in [2.24, 2.45) is 5.92 Å². The van der Waals surface area contributed by atoms with Crippen LogP contribution in [0.5, 0.6) is 0 Å². The molecule has 0 unspecified atom stereocenters. The zero-order valence-corrected chi connectivity index (χ0v) is 11.8. The van der Waals surface area contributed by atoms with E-state index in [1.807, 2.05) is 32.0 Å². The van der Waals surface area contributed by atoms with Crippen molar-refractivity contribution in [2.45, 2.75) is 20.5 Å². The Balaban J connectivity index is 2.61. The van der Waals surface area contributed by atoms with Crippen LogP contribution in [0, 0.1) is 5.92 Å². The molecule has 15 heavy (non-hydrogen) atoms. The number of benzene rings is 1. The van der Waals surface area contributed by atoms with Gasteiger partial charge in [0, 0.05) is 8.95 Å². The molecule has 1 rings (SSSR count). The number of ether oxygens (including phenoxy) is 1. The molecule has 0 bridgehead atoms. The zero-order chi connectivity index (χ0) is 11.4. The predicted molar refractivity (Wildman–Crippen MR) is 66.5 cm³/mol. The van der Waals surface area contributed by atoms with Crippen LogP contribution in [0.1, 0.15) is 19.4 Å². The molecule has 0 spiro atoms. The van der Waals surface area contributed by atoms with Crippen molar-refractivity contribution in [3.8, 4) is 0 Å². The Hall–Kier alpha value is -0.350. The molecule has 0 heterocycles. The van der Waals surface area contributed by atoms with E-state index in [2.05, 4.69) is 31.9 Å². The second-order valence-electron chi connectivity index (χ2n) is 3.54.